The summed E-state index contributed by atoms with van der Waals surface area (Å²) in [5.74, 6) is 0.935. The molecular formula is C14H21N. The maximum atomic E-state index is 3.60. The van der Waals surface area contributed by atoms with Gasteiger partial charge in [0.25, 0.3) is 0 Å². The number of rotatable bonds is 4. The fourth-order valence-corrected chi connectivity index (χ4v) is 2.22. The zero-order valence-corrected chi connectivity index (χ0v) is 9.79. The van der Waals surface area contributed by atoms with E-state index < -0.39 is 0 Å². The average Bonchev–Trinajstić information content (AvgIpc) is 2.23. The summed E-state index contributed by atoms with van der Waals surface area (Å²) in [5.41, 5.74) is 2.84. The van der Waals surface area contributed by atoms with Gasteiger partial charge in [-0.2, -0.15) is 0 Å². The Kier molecular flexibility index (Phi) is 3.42. The van der Waals surface area contributed by atoms with Crippen molar-refractivity contribution in [2.75, 3.05) is 0 Å². The Bertz CT molecular complexity index is 296. The highest BCUT2D eigenvalue weighted by atomic mass is 14.9. The molecule has 2 rings (SSSR count). The number of benzene rings is 1. The lowest BCUT2D eigenvalue weighted by Gasteiger charge is -2.33. The molecule has 0 unspecified atom stereocenters. The van der Waals surface area contributed by atoms with Gasteiger partial charge in [-0.3, -0.25) is 0 Å². The first kappa shape index (κ1) is 10.7. The molecule has 0 heterocycles. The molecule has 0 spiro atoms. The molecule has 1 heteroatoms. The Labute approximate surface area is 92.9 Å². The first-order valence-electron chi connectivity index (χ1n) is 6.09. The SMILES string of the molecule is CCc1ccc(CNC2CC(C)C2)cc1. The van der Waals surface area contributed by atoms with Gasteiger partial charge >= 0.3 is 0 Å². The summed E-state index contributed by atoms with van der Waals surface area (Å²) >= 11 is 0. The van der Waals surface area contributed by atoms with E-state index in [4.69, 9.17) is 0 Å². The first-order chi connectivity index (χ1) is 7.28. The summed E-state index contributed by atoms with van der Waals surface area (Å²) < 4.78 is 0. The zero-order valence-electron chi connectivity index (χ0n) is 9.79. The number of hydrogen-bond acceptors (Lipinski definition) is 1. The zero-order chi connectivity index (χ0) is 10.7. The molecule has 1 aromatic carbocycles. The third kappa shape index (κ3) is 2.82. The maximum absolute atomic E-state index is 3.60. The Hall–Kier alpha value is -0.820. The third-order valence-electron chi connectivity index (χ3n) is 3.40. The lowest BCUT2D eigenvalue weighted by Crippen LogP contribution is -2.39. The normalized spacial score (nSPS) is 24.9. The molecule has 1 aromatic rings. The van der Waals surface area contributed by atoms with Gasteiger partial charge in [-0.15, -0.1) is 0 Å². The standard InChI is InChI=1S/C14H21N/c1-3-12-4-6-13(7-5-12)10-15-14-8-11(2)9-14/h4-7,11,14-15H,3,8-10H2,1-2H3. The molecule has 15 heavy (non-hydrogen) atoms. The van der Waals surface area contributed by atoms with Crippen LogP contribution in [0.15, 0.2) is 24.3 Å². The van der Waals surface area contributed by atoms with Gasteiger partial charge < -0.3 is 5.32 Å². The van der Waals surface area contributed by atoms with E-state index in [1.54, 1.807) is 0 Å². The third-order valence-corrected chi connectivity index (χ3v) is 3.40. The molecular weight excluding hydrogens is 182 g/mol. The summed E-state index contributed by atoms with van der Waals surface area (Å²) in [4.78, 5) is 0. The molecule has 0 radical (unpaired) electrons. The highest BCUT2D eigenvalue weighted by molar-refractivity contribution is 5.22. The molecule has 1 N–H and O–H groups in total. The molecule has 1 aliphatic rings. The predicted molar refractivity (Wildman–Crippen MR) is 64.8 cm³/mol. The molecule has 0 atom stereocenters. The summed E-state index contributed by atoms with van der Waals surface area (Å²) in [5, 5.41) is 3.60. The Morgan fingerprint density at radius 2 is 1.73 bits per heavy atom. The molecule has 0 aliphatic heterocycles. The van der Waals surface area contributed by atoms with Crippen LogP contribution in [-0.4, -0.2) is 6.04 Å². The minimum absolute atomic E-state index is 0.769. The molecule has 1 nitrogen and oxygen atoms in total. The van der Waals surface area contributed by atoms with Crippen LogP contribution in [0.4, 0.5) is 0 Å². The lowest BCUT2D eigenvalue weighted by molar-refractivity contribution is 0.240. The Morgan fingerprint density at radius 1 is 1.13 bits per heavy atom. The van der Waals surface area contributed by atoms with E-state index in [1.807, 2.05) is 0 Å². The highest BCUT2D eigenvalue weighted by Gasteiger charge is 2.24. The van der Waals surface area contributed by atoms with Gasteiger partial charge in [-0.05, 0) is 36.3 Å². The molecule has 1 fully saturated rings. The van der Waals surface area contributed by atoms with E-state index in [0.29, 0.717) is 0 Å². The minimum atomic E-state index is 0.769. The molecule has 0 saturated heterocycles. The van der Waals surface area contributed by atoms with Gasteiger partial charge in [0.2, 0.25) is 0 Å². The van der Waals surface area contributed by atoms with Crippen LogP contribution in [-0.2, 0) is 13.0 Å². The molecule has 0 aromatic heterocycles. The van der Waals surface area contributed by atoms with Crippen molar-refractivity contribution in [3.63, 3.8) is 0 Å². The summed E-state index contributed by atoms with van der Waals surface area (Å²) in [6.45, 7) is 5.55. The molecule has 0 amide bonds. The summed E-state index contributed by atoms with van der Waals surface area (Å²) in [6, 6.07) is 9.73. The molecule has 1 aliphatic carbocycles. The lowest BCUT2D eigenvalue weighted by atomic mass is 9.82. The maximum Gasteiger partial charge on any atom is 0.0208 e. The molecule has 1 saturated carbocycles. The highest BCUT2D eigenvalue weighted by Crippen LogP contribution is 2.26. The van der Waals surface area contributed by atoms with Gasteiger partial charge in [-0.25, -0.2) is 0 Å². The van der Waals surface area contributed by atoms with Crippen molar-refractivity contribution in [1.29, 1.82) is 0 Å². The van der Waals surface area contributed by atoms with Crippen molar-refractivity contribution >= 4 is 0 Å². The first-order valence-corrected chi connectivity index (χ1v) is 6.09. The van der Waals surface area contributed by atoms with E-state index >= 15 is 0 Å². The molecule has 82 valence electrons. The van der Waals surface area contributed by atoms with Crippen molar-refractivity contribution in [2.45, 2.75) is 45.7 Å². The van der Waals surface area contributed by atoms with Gasteiger partial charge in [-0.1, -0.05) is 38.1 Å². The van der Waals surface area contributed by atoms with Gasteiger partial charge in [0.15, 0.2) is 0 Å². The molecule has 0 bridgehead atoms. The van der Waals surface area contributed by atoms with Gasteiger partial charge in [0.05, 0.1) is 0 Å². The minimum Gasteiger partial charge on any atom is -0.310 e. The second-order valence-electron chi connectivity index (χ2n) is 4.82. The van der Waals surface area contributed by atoms with E-state index in [-0.39, 0.29) is 0 Å². The largest absolute Gasteiger partial charge is 0.310 e. The van der Waals surface area contributed by atoms with Crippen LogP contribution in [0.2, 0.25) is 0 Å². The van der Waals surface area contributed by atoms with E-state index in [2.05, 4.69) is 43.4 Å². The topological polar surface area (TPSA) is 12.0 Å². The van der Waals surface area contributed by atoms with E-state index in [0.717, 1.165) is 24.9 Å². The van der Waals surface area contributed by atoms with Crippen LogP contribution < -0.4 is 5.32 Å². The second kappa shape index (κ2) is 4.80. The van der Waals surface area contributed by atoms with E-state index in [1.165, 1.54) is 24.0 Å². The fraction of sp³-hybridized carbons (Fsp3) is 0.571. The van der Waals surface area contributed by atoms with Gasteiger partial charge in [0.1, 0.15) is 0 Å². The summed E-state index contributed by atoms with van der Waals surface area (Å²) in [7, 11) is 0. The number of aryl methyl sites for hydroxylation is 1. The van der Waals surface area contributed by atoms with Crippen molar-refractivity contribution in [3.05, 3.63) is 35.4 Å². The van der Waals surface area contributed by atoms with Crippen molar-refractivity contribution in [1.82, 2.24) is 5.32 Å². The second-order valence-corrected chi connectivity index (χ2v) is 4.82. The van der Waals surface area contributed by atoms with Crippen molar-refractivity contribution < 1.29 is 0 Å². The Balaban J connectivity index is 1.78. The van der Waals surface area contributed by atoms with Crippen LogP contribution in [0.5, 0.6) is 0 Å². The monoisotopic (exact) mass is 203 g/mol. The van der Waals surface area contributed by atoms with Crippen LogP contribution in [0, 0.1) is 5.92 Å². The fourth-order valence-electron chi connectivity index (χ4n) is 2.22. The van der Waals surface area contributed by atoms with Crippen LogP contribution in [0.1, 0.15) is 37.8 Å². The van der Waals surface area contributed by atoms with Crippen LogP contribution in [0.25, 0.3) is 0 Å². The van der Waals surface area contributed by atoms with Crippen molar-refractivity contribution in [2.24, 2.45) is 5.92 Å². The number of hydrogen-bond donors (Lipinski definition) is 1. The van der Waals surface area contributed by atoms with Gasteiger partial charge in [0, 0.05) is 12.6 Å². The average molecular weight is 203 g/mol. The smallest absolute Gasteiger partial charge is 0.0208 e. The van der Waals surface area contributed by atoms with E-state index in [9.17, 15) is 0 Å². The Morgan fingerprint density at radius 3 is 2.27 bits per heavy atom. The predicted octanol–water partition coefficient (Wildman–Crippen LogP) is 3.14. The number of nitrogens with one attached hydrogen (secondary N) is 1. The van der Waals surface area contributed by atoms with Crippen LogP contribution >= 0.6 is 0 Å². The van der Waals surface area contributed by atoms with Crippen LogP contribution in [0.3, 0.4) is 0 Å². The van der Waals surface area contributed by atoms with Crippen molar-refractivity contribution in [3.8, 4) is 0 Å². The quantitative estimate of drug-likeness (QED) is 0.792. The summed E-state index contributed by atoms with van der Waals surface area (Å²) in [6.07, 6.45) is 3.84.